The van der Waals surface area contributed by atoms with Crippen molar-refractivity contribution in [3.05, 3.63) is 28.2 Å². The molecule has 7 heteroatoms. The minimum Gasteiger partial charge on any atom is -0.478 e. The average Bonchev–Trinajstić information content (AvgIpc) is 2.16. The molecule has 1 aromatic carbocycles. The van der Waals surface area contributed by atoms with Crippen molar-refractivity contribution >= 4 is 37.6 Å². The summed E-state index contributed by atoms with van der Waals surface area (Å²) >= 11 is 3.15. The number of rotatable bonds is 4. The number of carbonyl (C=O) groups is 1. The van der Waals surface area contributed by atoms with E-state index < -0.39 is 16.0 Å². The van der Waals surface area contributed by atoms with Gasteiger partial charge in [-0.05, 0) is 25.1 Å². The largest absolute Gasteiger partial charge is 0.478 e. The summed E-state index contributed by atoms with van der Waals surface area (Å²) in [4.78, 5) is 10.9. The van der Waals surface area contributed by atoms with E-state index in [0.717, 1.165) is 0 Å². The van der Waals surface area contributed by atoms with Gasteiger partial charge in [0.1, 0.15) is 0 Å². The van der Waals surface area contributed by atoms with E-state index in [-0.39, 0.29) is 17.0 Å². The molecule has 0 aliphatic carbocycles. The van der Waals surface area contributed by atoms with Crippen molar-refractivity contribution in [3.8, 4) is 0 Å². The van der Waals surface area contributed by atoms with Crippen LogP contribution in [0.2, 0.25) is 0 Å². The van der Waals surface area contributed by atoms with Gasteiger partial charge in [-0.2, -0.15) is 0 Å². The number of aromatic carboxylic acids is 1. The molecule has 0 aliphatic heterocycles. The Morgan fingerprint density at radius 1 is 1.50 bits per heavy atom. The van der Waals surface area contributed by atoms with Gasteiger partial charge in [0.05, 0.1) is 17.0 Å². The van der Waals surface area contributed by atoms with Crippen LogP contribution < -0.4 is 4.72 Å². The van der Waals surface area contributed by atoms with Crippen LogP contribution in [0.3, 0.4) is 0 Å². The summed E-state index contributed by atoms with van der Waals surface area (Å²) in [6, 6.07) is 4.28. The minimum absolute atomic E-state index is 0.0590. The average molecular weight is 308 g/mol. The van der Waals surface area contributed by atoms with E-state index in [1.807, 2.05) is 0 Å². The van der Waals surface area contributed by atoms with Gasteiger partial charge in [0.2, 0.25) is 10.0 Å². The zero-order valence-electron chi connectivity index (χ0n) is 8.40. The lowest BCUT2D eigenvalue weighted by Crippen LogP contribution is -2.17. The molecule has 0 aliphatic rings. The number of carboxylic acids is 1. The molecule has 0 fully saturated rings. The Morgan fingerprint density at radius 2 is 2.12 bits per heavy atom. The zero-order valence-corrected chi connectivity index (χ0v) is 10.8. The molecular weight excluding hydrogens is 298 g/mol. The van der Waals surface area contributed by atoms with Gasteiger partial charge >= 0.3 is 5.97 Å². The predicted molar refractivity (Wildman–Crippen MR) is 64.2 cm³/mol. The molecule has 1 rings (SSSR count). The molecule has 0 atom stereocenters. The van der Waals surface area contributed by atoms with Gasteiger partial charge < -0.3 is 5.11 Å². The van der Waals surface area contributed by atoms with Gasteiger partial charge in [-0.3, -0.25) is 4.72 Å². The summed E-state index contributed by atoms with van der Waals surface area (Å²) < 4.78 is 25.5. The maximum atomic E-state index is 11.3. The van der Waals surface area contributed by atoms with E-state index in [2.05, 4.69) is 20.7 Å². The Bertz CT molecular complexity index is 512. The van der Waals surface area contributed by atoms with Crippen LogP contribution in [-0.4, -0.2) is 25.2 Å². The first-order chi connectivity index (χ1) is 7.35. The highest BCUT2D eigenvalue weighted by Gasteiger charge is 2.14. The SMILES string of the molecule is CCS(=O)(=O)Nc1cc(Br)ccc1C(=O)O. The summed E-state index contributed by atoms with van der Waals surface area (Å²) in [6.07, 6.45) is 0. The van der Waals surface area contributed by atoms with Gasteiger partial charge in [-0.1, -0.05) is 15.9 Å². The molecule has 0 saturated heterocycles. The van der Waals surface area contributed by atoms with Crippen LogP contribution in [0.5, 0.6) is 0 Å². The molecule has 0 aromatic heterocycles. The number of nitrogens with one attached hydrogen (secondary N) is 1. The fourth-order valence-corrected chi connectivity index (χ4v) is 2.04. The van der Waals surface area contributed by atoms with Crippen LogP contribution in [0.4, 0.5) is 5.69 Å². The van der Waals surface area contributed by atoms with E-state index in [4.69, 9.17) is 5.11 Å². The number of hydrogen-bond acceptors (Lipinski definition) is 3. The van der Waals surface area contributed by atoms with E-state index in [1.54, 1.807) is 0 Å². The third kappa shape index (κ3) is 3.21. The van der Waals surface area contributed by atoms with Gasteiger partial charge in [0.25, 0.3) is 0 Å². The standard InChI is InChI=1S/C9H10BrNO4S/c1-2-16(14,15)11-8-5-6(10)3-4-7(8)9(12)13/h3-5,11H,2H2,1H3,(H,12,13). The molecule has 5 nitrogen and oxygen atoms in total. The lowest BCUT2D eigenvalue weighted by molar-refractivity contribution is 0.0698. The molecule has 0 radical (unpaired) electrons. The summed E-state index contributed by atoms with van der Waals surface area (Å²) in [6.45, 7) is 1.47. The first-order valence-electron chi connectivity index (χ1n) is 4.39. The number of hydrogen-bond donors (Lipinski definition) is 2. The molecule has 0 amide bonds. The minimum atomic E-state index is -3.48. The van der Waals surface area contributed by atoms with Crippen LogP contribution in [0.15, 0.2) is 22.7 Å². The fourth-order valence-electron chi connectivity index (χ4n) is 1.03. The molecule has 0 heterocycles. The highest BCUT2D eigenvalue weighted by Crippen LogP contribution is 2.22. The monoisotopic (exact) mass is 307 g/mol. The van der Waals surface area contributed by atoms with Gasteiger partial charge in [0.15, 0.2) is 0 Å². The van der Waals surface area contributed by atoms with Crippen LogP contribution in [0.25, 0.3) is 0 Å². The van der Waals surface area contributed by atoms with Gasteiger partial charge in [-0.15, -0.1) is 0 Å². The quantitative estimate of drug-likeness (QED) is 0.890. The summed E-state index contributed by atoms with van der Waals surface area (Å²) in [7, 11) is -3.48. The molecule has 1 aromatic rings. The van der Waals surface area contributed by atoms with Crippen LogP contribution in [-0.2, 0) is 10.0 Å². The highest BCUT2D eigenvalue weighted by atomic mass is 79.9. The second-order valence-electron chi connectivity index (χ2n) is 3.00. The lowest BCUT2D eigenvalue weighted by atomic mass is 10.2. The second kappa shape index (κ2) is 4.84. The van der Waals surface area contributed by atoms with Gasteiger partial charge in [0, 0.05) is 4.47 Å². The summed E-state index contributed by atoms with van der Waals surface area (Å²) in [5.41, 5.74) is -0.0241. The topological polar surface area (TPSA) is 83.5 Å². The van der Waals surface area contributed by atoms with Gasteiger partial charge in [-0.25, -0.2) is 13.2 Å². The van der Waals surface area contributed by atoms with Crippen LogP contribution in [0.1, 0.15) is 17.3 Å². The normalized spacial score (nSPS) is 11.1. The number of carboxylic acid groups (broad SMARTS) is 1. The van der Waals surface area contributed by atoms with E-state index in [1.165, 1.54) is 25.1 Å². The van der Waals surface area contributed by atoms with Crippen molar-refractivity contribution in [3.63, 3.8) is 0 Å². The molecule has 2 N–H and O–H groups in total. The Morgan fingerprint density at radius 3 is 2.62 bits per heavy atom. The summed E-state index contributed by atoms with van der Waals surface area (Å²) in [5.74, 6) is -1.29. The number of anilines is 1. The van der Waals surface area contributed by atoms with Crippen molar-refractivity contribution < 1.29 is 18.3 Å². The maximum absolute atomic E-state index is 11.3. The first-order valence-corrected chi connectivity index (χ1v) is 6.83. The van der Waals surface area contributed by atoms with E-state index >= 15 is 0 Å². The van der Waals surface area contributed by atoms with Crippen LogP contribution in [0, 0.1) is 0 Å². The molecular formula is C9H10BrNO4S. The highest BCUT2D eigenvalue weighted by molar-refractivity contribution is 9.10. The second-order valence-corrected chi connectivity index (χ2v) is 5.93. The smallest absolute Gasteiger partial charge is 0.337 e. The molecule has 0 bridgehead atoms. The molecule has 0 unspecified atom stereocenters. The molecule has 0 saturated carbocycles. The summed E-state index contributed by atoms with van der Waals surface area (Å²) in [5, 5.41) is 8.88. The lowest BCUT2D eigenvalue weighted by Gasteiger charge is -2.09. The Kier molecular flexibility index (Phi) is 3.93. The van der Waals surface area contributed by atoms with Crippen LogP contribution >= 0.6 is 15.9 Å². The number of halogens is 1. The number of sulfonamides is 1. The van der Waals surface area contributed by atoms with E-state index in [0.29, 0.717) is 4.47 Å². The van der Waals surface area contributed by atoms with Crippen molar-refractivity contribution in [1.29, 1.82) is 0 Å². The van der Waals surface area contributed by atoms with Crippen molar-refractivity contribution in [2.75, 3.05) is 10.5 Å². The first kappa shape index (κ1) is 13.0. The van der Waals surface area contributed by atoms with E-state index in [9.17, 15) is 13.2 Å². The van der Waals surface area contributed by atoms with Crippen molar-refractivity contribution in [2.24, 2.45) is 0 Å². The fraction of sp³-hybridized carbons (Fsp3) is 0.222. The predicted octanol–water partition coefficient (Wildman–Crippen LogP) is 1.91. The van der Waals surface area contributed by atoms with Crippen molar-refractivity contribution in [2.45, 2.75) is 6.92 Å². The Labute approximate surface area is 102 Å². The number of benzene rings is 1. The molecule has 88 valence electrons. The maximum Gasteiger partial charge on any atom is 0.337 e. The zero-order chi connectivity index (χ0) is 12.3. The third-order valence-corrected chi connectivity index (χ3v) is 3.64. The molecule has 0 spiro atoms. The Hall–Kier alpha value is -1.08. The Balaban J connectivity index is 3.21. The molecule has 16 heavy (non-hydrogen) atoms. The van der Waals surface area contributed by atoms with Crippen molar-refractivity contribution in [1.82, 2.24) is 0 Å². The third-order valence-electron chi connectivity index (χ3n) is 1.86.